The van der Waals surface area contributed by atoms with Crippen LogP contribution in [0.1, 0.15) is 26.5 Å². The molecule has 0 spiro atoms. The van der Waals surface area contributed by atoms with Crippen molar-refractivity contribution in [3.63, 3.8) is 0 Å². The lowest BCUT2D eigenvalue weighted by molar-refractivity contribution is -0.0140. The van der Waals surface area contributed by atoms with Crippen LogP contribution in [0.5, 0.6) is 0 Å². The molecule has 1 atom stereocenters. The Morgan fingerprint density at radius 2 is 2.10 bits per heavy atom. The van der Waals surface area contributed by atoms with Gasteiger partial charge in [-0.3, -0.25) is 9.88 Å². The molecule has 0 amide bonds. The van der Waals surface area contributed by atoms with Gasteiger partial charge >= 0.3 is 0 Å². The number of anilines is 1. The van der Waals surface area contributed by atoms with Crippen molar-refractivity contribution in [2.24, 2.45) is 0 Å². The van der Waals surface area contributed by atoms with Gasteiger partial charge in [-0.05, 0) is 45.5 Å². The highest BCUT2D eigenvalue weighted by atomic mass is 16.3. The minimum Gasteiger partial charge on any atom is -0.389 e. The molecule has 2 heterocycles. The average molecular weight is 275 g/mol. The number of piperazine rings is 1. The molecule has 0 saturated carbocycles. The Kier molecular flexibility index (Phi) is 4.16. The third-order valence-electron chi connectivity index (χ3n) is 4.01. The van der Waals surface area contributed by atoms with Crippen molar-refractivity contribution < 1.29 is 5.11 Å². The summed E-state index contributed by atoms with van der Waals surface area (Å²) in [4.78, 5) is 8.96. The van der Waals surface area contributed by atoms with Gasteiger partial charge in [-0.25, -0.2) is 0 Å². The number of aliphatic hydroxyl groups is 1. The molecule has 0 aromatic carbocycles. The predicted molar refractivity (Wildman–Crippen MR) is 83.9 cm³/mol. The average Bonchev–Trinajstić information content (AvgIpc) is 2.38. The molecule has 1 aliphatic heterocycles. The summed E-state index contributed by atoms with van der Waals surface area (Å²) in [5, 5.41) is 10.3. The molecule has 1 fully saturated rings. The number of nitrogens with zero attached hydrogens (tertiary/aromatic N) is 3. The van der Waals surface area contributed by atoms with Gasteiger partial charge in [0.2, 0.25) is 0 Å². The summed E-state index contributed by atoms with van der Waals surface area (Å²) in [6.45, 7) is 12.3. The van der Waals surface area contributed by atoms with Gasteiger partial charge in [-0.2, -0.15) is 0 Å². The summed E-state index contributed by atoms with van der Waals surface area (Å²) in [7, 11) is 2.07. The fraction of sp³-hybridized carbons (Fsp3) is 0.562. The Bertz CT molecular complexity index is 475. The van der Waals surface area contributed by atoms with E-state index in [0.717, 1.165) is 36.6 Å². The van der Waals surface area contributed by atoms with Crippen LogP contribution in [-0.2, 0) is 0 Å². The van der Waals surface area contributed by atoms with Crippen molar-refractivity contribution in [2.45, 2.75) is 32.4 Å². The second-order valence-electron chi connectivity index (χ2n) is 6.28. The zero-order chi connectivity index (χ0) is 14.9. The first-order chi connectivity index (χ1) is 9.29. The summed E-state index contributed by atoms with van der Waals surface area (Å²) in [5.41, 5.74) is 2.31. The van der Waals surface area contributed by atoms with E-state index in [2.05, 4.69) is 34.5 Å². The molecule has 2 rings (SSSR count). The van der Waals surface area contributed by atoms with Gasteiger partial charge in [0, 0.05) is 19.6 Å². The van der Waals surface area contributed by atoms with Crippen LogP contribution >= 0.6 is 0 Å². The Morgan fingerprint density at radius 3 is 2.60 bits per heavy atom. The van der Waals surface area contributed by atoms with Gasteiger partial charge in [0.05, 0.1) is 29.2 Å². The first-order valence-corrected chi connectivity index (χ1v) is 7.08. The van der Waals surface area contributed by atoms with Crippen molar-refractivity contribution >= 4 is 11.3 Å². The van der Waals surface area contributed by atoms with Crippen molar-refractivity contribution in [1.82, 2.24) is 9.88 Å². The SMILES string of the molecule is C=C(C)c1ccc(N2CCN(C)C(C(C)(C)O)C2)cn1. The van der Waals surface area contributed by atoms with Crippen LogP contribution in [0.3, 0.4) is 0 Å². The van der Waals surface area contributed by atoms with Crippen LogP contribution in [-0.4, -0.2) is 53.3 Å². The van der Waals surface area contributed by atoms with E-state index in [1.54, 1.807) is 0 Å². The molecule has 1 saturated heterocycles. The summed E-state index contributed by atoms with van der Waals surface area (Å²) < 4.78 is 0. The van der Waals surface area contributed by atoms with Crippen molar-refractivity contribution in [3.8, 4) is 0 Å². The van der Waals surface area contributed by atoms with E-state index >= 15 is 0 Å². The minimum absolute atomic E-state index is 0.122. The first kappa shape index (κ1) is 15.0. The fourth-order valence-corrected chi connectivity index (χ4v) is 2.70. The van der Waals surface area contributed by atoms with Gasteiger partial charge in [0.25, 0.3) is 0 Å². The molecule has 4 heteroatoms. The number of aromatic nitrogens is 1. The third kappa shape index (κ3) is 3.19. The second-order valence-corrected chi connectivity index (χ2v) is 6.28. The molecular formula is C16H25N3O. The van der Waals surface area contributed by atoms with Crippen LogP contribution in [0.4, 0.5) is 5.69 Å². The Labute approximate surface area is 121 Å². The van der Waals surface area contributed by atoms with E-state index in [9.17, 15) is 5.11 Å². The summed E-state index contributed by atoms with van der Waals surface area (Å²) in [5.74, 6) is 0. The quantitative estimate of drug-likeness (QED) is 0.916. The number of hydrogen-bond donors (Lipinski definition) is 1. The van der Waals surface area contributed by atoms with E-state index in [-0.39, 0.29) is 6.04 Å². The van der Waals surface area contributed by atoms with Crippen LogP contribution < -0.4 is 4.90 Å². The van der Waals surface area contributed by atoms with Crippen molar-refractivity contribution in [1.29, 1.82) is 0 Å². The molecule has 110 valence electrons. The number of rotatable bonds is 3. The van der Waals surface area contributed by atoms with Gasteiger partial charge in [0.1, 0.15) is 0 Å². The molecule has 20 heavy (non-hydrogen) atoms. The summed E-state index contributed by atoms with van der Waals surface area (Å²) in [6.07, 6.45) is 1.90. The zero-order valence-corrected chi connectivity index (χ0v) is 12.9. The Hall–Kier alpha value is -1.39. The highest BCUT2D eigenvalue weighted by molar-refractivity contribution is 5.59. The number of allylic oxidation sites excluding steroid dienone is 1. The standard InChI is InChI=1S/C16H25N3O/c1-12(2)14-7-6-13(10-17-14)19-9-8-18(5)15(11-19)16(3,4)20/h6-7,10,15,20H,1,8-9,11H2,2-5H3. The van der Waals surface area contributed by atoms with Crippen LogP contribution in [0.25, 0.3) is 5.57 Å². The Balaban J connectivity index is 2.15. The molecule has 0 aliphatic carbocycles. The molecular weight excluding hydrogens is 250 g/mol. The van der Waals surface area contributed by atoms with Crippen molar-refractivity contribution in [2.75, 3.05) is 31.6 Å². The molecule has 1 aromatic heterocycles. The number of pyridine rings is 1. The largest absolute Gasteiger partial charge is 0.389 e. The number of hydrogen-bond acceptors (Lipinski definition) is 4. The maximum atomic E-state index is 10.3. The molecule has 1 aliphatic rings. The maximum absolute atomic E-state index is 10.3. The predicted octanol–water partition coefficient (Wildman–Crippen LogP) is 2.01. The molecule has 0 bridgehead atoms. The van der Waals surface area contributed by atoms with Gasteiger partial charge < -0.3 is 10.0 Å². The second kappa shape index (κ2) is 5.54. The third-order valence-corrected chi connectivity index (χ3v) is 4.01. The highest BCUT2D eigenvalue weighted by Crippen LogP contribution is 2.24. The monoisotopic (exact) mass is 275 g/mol. The van der Waals surface area contributed by atoms with E-state index in [1.807, 2.05) is 33.0 Å². The molecule has 0 radical (unpaired) electrons. The Morgan fingerprint density at radius 1 is 1.40 bits per heavy atom. The highest BCUT2D eigenvalue weighted by Gasteiger charge is 2.35. The van der Waals surface area contributed by atoms with Crippen LogP contribution in [0.15, 0.2) is 24.9 Å². The van der Waals surface area contributed by atoms with Crippen LogP contribution in [0.2, 0.25) is 0 Å². The van der Waals surface area contributed by atoms with E-state index in [0.29, 0.717) is 0 Å². The van der Waals surface area contributed by atoms with E-state index < -0.39 is 5.60 Å². The lowest BCUT2D eigenvalue weighted by Crippen LogP contribution is -2.59. The first-order valence-electron chi connectivity index (χ1n) is 7.08. The summed E-state index contributed by atoms with van der Waals surface area (Å²) in [6, 6.07) is 4.22. The van der Waals surface area contributed by atoms with Gasteiger partial charge in [-0.1, -0.05) is 6.58 Å². The topological polar surface area (TPSA) is 39.6 Å². The summed E-state index contributed by atoms with van der Waals surface area (Å²) >= 11 is 0. The maximum Gasteiger partial charge on any atom is 0.0763 e. The van der Waals surface area contributed by atoms with Gasteiger partial charge in [-0.15, -0.1) is 0 Å². The minimum atomic E-state index is -0.710. The molecule has 1 N–H and O–H groups in total. The van der Waals surface area contributed by atoms with Crippen molar-refractivity contribution in [3.05, 3.63) is 30.6 Å². The molecule has 1 unspecified atom stereocenters. The lowest BCUT2D eigenvalue weighted by Gasteiger charge is -2.45. The van der Waals surface area contributed by atoms with Gasteiger partial charge in [0.15, 0.2) is 0 Å². The fourth-order valence-electron chi connectivity index (χ4n) is 2.70. The van der Waals surface area contributed by atoms with Crippen LogP contribution in [0, 0.1) is 0 Å². The normalized spacial score (nSPS) is 21.1. The number of likely N-dealkylation sites (N-methyl/N-ethyl adjacent to an activating group) is 1. The van der Waals surface area contributed by atoms with E-state index in [4.69, 9.17) is 0 Å². The lowest BCUT2D eigenvalue weighted by atomic mass is 9.95. The molecule has 4 nitrogen and oxygen atoms in total. The molecule has 1 aromatic rings. The zero-order valence-electron chi connectivity index (χ0n) is 12.9. The smallest absolute Gasteiger partial charge is 0.0763 e. The van der Waals surface area contributed by atoms with E-state index in [1.165, 1.54) is 0 Å².